The van der Waals surface area contributed by atoms with E-state index in [1.54, 1.807) is 28.2 Å². The molecule has 4 aromatic rings. The topological polar surface area (TPSA) is 43.6 Å². The summed E-state index contributed by atoms with van der Waals surface area (Å²) in [7, 11) is 0. The van der Waals surface area contributed by atoms with Crippen LogP contribution in [0.4, 0.5) is 0 Å². The largest absolute Gasteiger partial charge is 0.230 e. The van der Waals surface area contributed by atoms with E-state index in [-0.39, 0.29) is 5.41 Å². The van der Waals surface area contributed by atoms with Gasteiger partial charge in [0.05, 0.1) is 20.9 Å². The van der Waals surface area contributed by atoms with Gasteiger partial charge in [0.2, 0.25) is 0 Å². The molecule has 0 spiro atoms. The molecule has 4 rings (SSSR count). The number of hydrogen-bond acceptors (Lipinski definition) is 4. The van der Waals surface area contributed by atoms with Gasteiger partial charge in [-0.3, -0.25) is 0 Å². The highest BCUT2D eigenvalue weighted by molar-refractivity contribution is 9.10. The van der Waals surface area contributed by atoms with E-state index >= 15 is 0 Å². The van der Waals surface area contributed by atoms with Gasteiger partial charge in [-0.05, 0) is 52.7 Å². The molecule has 31 heavy (non-hydrogen) atoms. The molecule has 0 aliphatic heterocycles. The van der Waals surface area contributed by atoms with Crippen molar-refractivity contribution < 1.29 is 0 Å². The third-order valence-corrected chi connectivity index (χ3v) is 8.01. The van der Waals surface area contributed by atoms with Crippen LogP contribution in [0.3, 0.4) is 0 Å². The average Bonchev–Trinajstić information content (AvgIpc) is 3.34. The Morgan fingerprint density at radius 1 is 1.00 bits per heavy atom. The second-order valence-corrected chi connectivity index (χ2v) is 10.7. The third-order valence-electron chi connectivity index (χ3n) is 5.17. The third kappa shape index (κ3) is 4.41. The molecule has 2 aromatic carbocycles. The Morgan fingerprint density at radius 2 is 1.68 bits per heavy atom. The van der Waals surface area contributed by atoms with E-state index < -0.39 is 0 Å². The summed E-state index contributed by atoms with van der Waals surface area (Å²) in [6.45, 7) is 6.47. The van der Waals surface area contributed by atoms with Crippen molar-refractivity contribution in [3.8, 4) is 27.6 Å². The van der Waals surface area contributed by atoms with Crippen molar-refractivity contribution in [3.63, 3.8) is 0 Å². The van der Waals surface area contributed by atoms with Gasteiger partial charge in [-0.15, -0.1) is 10.2 Å². The van der Waals surface area contributed by atoms with Gasteiger partial charge in [0.25, 0.3) is 0 Å². The number of hydrogen-bond donors (Lipinski definition) is 0. The minimum atomic E-state index is -0.0521. The van der Waals surface area contributed by atoms with Gasteiger partial charge >= 0.3 is 0 Å². The van der Waals surface area contributed by atoms with Crippen LogP contribution in [-0.4, -0.2) is 20.0 Å². The van der Waals surface area contributed by atoms with E-state index in [1.807, 2.05) is 30.3 Å². The van der Waals surface area contributed by atoms with Gasteiger partial charge in [0.1, 0.15) is 10.7 Å². The SMILES string of the molecule is CCC(C)(C)c1nnc(-c2nn(-c3ccc(Cl)cc3Cl)c(-c3ccc(Cl)cc3)c2Br)s1. The summed E-state index contributed by atoms with van der Waals surface area (Å²) in [5, 5.41) is 17.2. The number of rotatable bonds is 5. The Hall–Kier alpha value is -1.44. The molecule has 160 valence electrons. The van der Waals surface area contributed by atoms with Crippen LogP contribution in [0.5, 0.6) is 0 Å². The molecule has 0 saturated heterocycles. The summed E-state index contributed by atoms with van der Waals surface area (Å²) < 4.78 is 2.60. The van der Waals surface area contributed by atoms with Crippen LogP contribution in [-0.2, 0) is 5.41 Å². The van der Waals surface area contributed by atoms with Crippen molar-refractivity contribution in [2.24, 2.45) is 0 Å². The van der Waals surface area contributed by atoms with Gasteiger partial charge in [-0.1, -0.05) is 79.0 Å². The summed E-state index contributed by atoms with van der Waals surface area (Å²) in [6, 6.07) is 12.9. The lowest BCUT2D eigenvalue weighted by molar-refractivity contribution is 0.498. The fraction of sp³-hybridized carbons (Fsp3) is 0.227. The van der Waals surface area contributed by atoms with E-state index in [2.05, 4.69) is 46.9 Å². The zero-order valence-electron chi connectivity index (χ0n) is 17.0. The summed E-state index contributed by atoms with van der Waals surface area (Å²) in [5.74, 6) is 0. The standard InChI is InChI=1S/C22H18BrCl3N4S/c1-4-22(2,3)21-28-27-20(31-21)18-17(23)19(12-5-7-13(24)8-6-12)30(29-18)16-10-9-14(25)11-15(16)26/h5-11H,4H2,1-3H3. The quantitative estimate of drug-likeness (QED) is 0.248. The van der Waals surface area contributed by atoms with E-state index in [1.165, 1.54) is 0 Å². The second-order valence-electron chi connectivity index (χ2n) is 7.68. The fourth-order valence-electron chi connectivity index (χ4n) is 2.96. The zero-order valence-corrected chi connectivity index (χ0v) is 21.6. The number of aromatic nitrogens is 4. The number of halogens is 4. The molecule has 0 amide bonds. The van der Waals surface area contributed by atoms with Crippen LogP contribution in [0.25, 0.3) is 27.6 Å². The molecule has 0 bridgehead atoms. The number of nitrogens with zero attached hydrogens (tertiary/aromatic N) is 4. The van der Waals surface area contributed by atoms with E-state index in [4.69, 9.17) is 39.9 Å². The van der Waals surface area contributed by atoms with E-state index in [0.29, 0.717) is 26.4 Å². The molecule has 0 unspecified atom stereocenters. The summed E-state index contributed by atoms with van der Waals surface area (Å²) in [6.07, 6.45) is 0.966. The highest BCUT2D eigenvalue weighted by Gasteiger charge is 2.27. The summed E-state index contributed by atoms with van der Waals surface area (Å²) in [5.41, 5.74) is 3.12. The van der Waals surface area contributed by atoms with Crippen LogP contribution >= 0.6 is 62.1 Å². The highest BCUT2D eigenvalue weighted by Crippen LogP contribution is 2.42. The Labute approximate surface area is 208 Å². The maximum absolute atomic E-state index is 6.53. The first kappa shape index (κ1) is 22.7. The van der Waals surface area contributed by atoms with Crippen molar-refractivity contribution in [1.29, 1.82) is 0 Å². The summed E-state index contributed by atoms with van der Waals surface area (Å²) >= 11 is 24.1. The second kappa shape index (κ2) is 8.83. The maximum Gasteiger partial charge on any atom is 0.169 e. The minimum Gasteiger partial charge on any atom is -0.230 e. The molecule has 2 aromatic heterocycles. The molecule has 2 heterocycles. The lowest BCUT2D eigenvalue weighted by Crippen LogP contribution is -2.14. The van der Waals surface area contributed by atoms with Crippen LogP contribution < -0.4 is 0 Å². The molecule has 4 nitrogen and oxygen atoms in total. The van der Waals surface area contributed by atoms with Crippen LogP contribution in [0, 0.1) is 0 Å². The Balaban J connectivity index is 1.94. The molecule has 0 fully saturated rings. The normalized spacial score (nSPS) is 11.8. The molecule has 0 aliphatic rings. The zero-order chi connectivity index (χ0) is 22.3. The van der Waals surface area contributed by atoms with Crippen molar-refractivity contribution in [1.82, 2.24) is 20.0 Å². The van der Waals surface area contributed by atoms with Gasteiger partial charge in [-0.2, -0.15) is 5.10 Å². The first-order chi connectivity index (χ1) is 14.7. The predicted octanol–water partition coefficient (Wildman–Crippen LogP) is 8.47. The Morgan fingerprint density at radius 3 is 2.32 bits per heavy atom. The summed E-state index contributed by atoms with van der Waals surface area (Å²) in [4.78, 5) is 0. The van der Waals surface area contributed by atoms with Crippen molar-refractivity contribution in [2.75, 3.05) is 0 Å². The van der Waals surface area contributed by atoms with Gasteiger partial charge in [0, 0.05) is 21.0 Å². The molecular weight excluding hydrogens is 539 g/mol. The fourth-order valence-corrected chi connectivity index (χ4v) is 5.38. The Kier molecular flexibility index (Phi) is 6.48. The van der Waals surface area contributed by atoms with Crippen molar-refractivity contribution >= 4 is 62.1 Å². The molecular formula is C22H18BrCl3N4S. The first-order valence-electron chi connectivity index (χ1n) is 9.55. The van der Waals surface area contributed by atoms with Crippen LogP contribution in [0.15, 0.2) is 46.9 Å². The Bertz CT molecular complexity index is 1250. The molecule has 0 saturated carbocycles. The number of benzene rings is 2. The first-order valence-corrected chi connectivity index (χ1v) is 12.3. The van der Waals surface area contributed by atoms with Gasteiger partial charge in [0.15, 0.2) is 5.01 Å². The van der Waals surface area contributed by atoms with Gasteiger partial charge < -0.3 is 0 Å². The molecule has 0 aliphatic carbocycles. The van der Waals surface area contributed by atoms with E-state index in [9.17, 15) is 0 Å². The van der Waals surface area contributed by atoms with Crippen molar-refractivity contribution in [3.05, 3.63) is 67.0 Å². The lowest BCUT2D eigenvalue weighted by atomic mass is 9.91. The van der Waals surface area contributed by atoms with Gasteiger partial charge in [-0.25, -0.2) is 4.68 Å². The molecule has 0 atom stereocenters. The van der Waals surface area contributed by atoms with E-state index in [0.717, 1.165) is 32.2 Å². The smallest absolute Gasteiger partial charge is 0.169 e. The molecule has 9 heteroatoms. The molecule has 0 N–H and O–H groups in total. The highest BCUT2D eigenvalue weighted by atomic mass is 79.9. The van der Waals surface area contributed by atoms with Crippen LogP contribution in [0.1, 0.15) is 32.2 Å². The maximum atomic E-state index is 6.53. The van der Waals surface area contributed by atoms with Crippen molar-refractivity contribution in [2.45, 2.75) is 32.6 Å². The monoisotopic (exact) mass is 554 g/mol. The minimum absolute atomic E-state index is 0.0521. The molecule has 0 radical (unpaired) electrons. The average molecular weight is 557 g/mol. The predicted molar refractivity (Wildman–Crippen MR) is 134 cm³/mol. The van der Waals surface area contributed by atoms with Crippen LogP contribution in [0.2, 0.25) is 15.1 Å². The lowest BCUT2D eigenvalue weighted by Gasteiger charge is -2.17.